The fourth-order valence-electron chi connectivity index (χ4n) is 3.29. The number of rotatable bonds is 3. The maximum Gasteiger partial charge on any atom is 0.326 e. The Labute approximate surface area is 153 Å². The van der Waals surface area contributed by atoms with E-state index in [0.29, 0.717) is 23.8 Å². The van der Waals surface area contributed by atoms with E-state index in [-0.39, 0.29) is 11.9 Å². The van der Waals surface area contributed by atoms with Gasteiger partial charge in [-0.3, -0.25) is 9.69 Å². The molecule has 0 radical (unpaired) electrons. The average Bonchev–Trinajstić information content (AvgIpc) is 3.48. The average molecular weight is 349 g/mol. The summed E-state index contributed by atoms with van der Waals surface area (Å²) < 4.78 is 0. The number of carbonyl (C=O) groups is 2. The van der Waals surface area contributed by atoms with Crippen molar-refractivity contribution in [2.75, 3.05) is 16.8 Å². The maximum atomic E-state index is 12.8. The fourth-order valence-corrected chi connectivity index (χ4v) is 3.29. The van der Waals surface area contributed by atoms with Crippen LogP contribution in [0.5, 0.6) is 0 Å². The Morgan fingerprint density at radius 1 is 0.962 bits per heavy atom. The lowest BCUT2D eigenvalue weighted by Crippen LogP contribution is -2.35. The number of carbonyl (C=O) groups excluding carboxylic acids is 2. The number of nitrogens with zero attached hydrogens (tertiary/aromatic N) is 1. The molecule has 2 aliphatic rings. The Hall–Kier alpha value is -2.82. The molecule has 0 aromatic heterocycles. The van der Waals surface area contributed by atoms with Crippen molar-refractivity contribution in [1.29, 1.82) is 0 Å². The molecule has 1 aliphatic carbocycles. The number of anilines is 2. The Balaban J connectivity index is 1.45. The van der Waals surface area contributed by atoms with Crippen LogP contribution >= 0.6 is 0 Å². The molecule has 1 fully saturated rings. The summed E-state index contributed by atoms with van der Waals surface area (Å²) in [6, 6.07) is 15.4. The molecule has 0 atom stereocenters. The monoisotopic (exact) mass is 349 g/mol. The molecular weight excluding hydrogens is 326 g/mol. The van der Waals surface area contributed by atoms with E-state index in [0.717, 1.165) is 37.8 Å². The molecule has 1 heterocycles. The van der Waals surface area contributed by atoms with Crippen molar-refractivity contribution in [2.45, 2.75) is 38.1 Å². The summed E-state index contributed by atoms with van der Waals surface area (Å²) in [5, 5.41) is 5.92. The van der Waals surface area contributed by atoms with Gasteiger partial charge in [-0.2, -0.15) is 0 Å². The Morgan fingerprint density at radius 2 is 1.73 bits per heavy atom. The molecule has 4 rings (SSSR count). The molecular formula is C21H23N3O2. The van der Waals surface area contributed by atoms with E-state index in [2.05, 4.69) is 16.7 Å². The number of benzene rings is 2. The van der Waals surface area contributed by atoms with Gasteiger partial charge in [-0.25, -0.2) is 4.79 Å². The summed E-state index contributed by atoms with van der Waals surface area (Å²) in [6.45, 7) is 0.713. The van der Waals surface area contributed by atoms with Crippen LogP contribution in [0.25, 0.3) is 0 Å². The van der Waals surface area contributed by atoms with Crippen molar-refractivity contribution in [3.63, 3.8) is 0 Å². The third-order valence-corrected chi connectivity index (χ3v) is 4.92. The number of hydrogen-bond acceptors (Lipinski definition) is 2. The minimum Gasteiger partial charge on any atom is -0.349 e. The molecule has 26 heavy (non-hydrogen) atoms. The third-order valence-electron chi connectivity index (χ3n) is 4.92. The lowest BCUT2D eigenvalue weighted by molar-refractivity contribution is 0.0951. The van der Waals surface area contributed by atoms with Gasteiger partial charge in [0.05, 0.1) is 0 Å². The highest BCUT2D eigenvalue weighted by atomic mass is 16.2. The summed E-state index contributed by atoms with van der Waals surface area (Å²) in [5.74, 6) is -0.0492. The van der Waals surface area contributed by atoms with E-state index in [4.69, 9.17) is 0 Å². The van der Waals surface area contributed by atoms with Gasteiger partial charge in [-0.05, 0) is 68.0 Å². The van der Waals surface area contributed by atoms with Crippen molar-refractivity contribution in [2.24, 2.45) is 0 Å². The Kier molecular flexibility index (Phi) is 4.61. The first-order valence-electron chi connectivity index (χ1n) is 9.28. The Bertz CT molecular complexity index is 812. The first-order valence-corrected chi connectivity index (χ1v) is 9.28. The van der Waals surface area contributed by atoms with Gasteiger partial charge >= 0.3 is 6.03 Å². The van der Waals surface area contributed by atoms with Gasteiger partial charge in [0.15, 0.2) is 0 Å². The first kappa shape index (κ1) is 16.6. The van der Waals surface area contributed by atoms with E-state index in [1.807, 2.05) is 23.1 Å². The molecule has 0 bridgehead atoms. The lowest BCUT2D eigenvalue weighted by Gasteiger charge is -2.23. The molecule has 2 N–H and O–H groups in total. The predicted molar refractivity (Wildman–Crippen MR) is 103 cm³/mol. The van der Waals surface area contributed by atoms with Crippen LogP contribution in [-0.2, 0) is 6.42 Å². The van der Waals surface area contributed by atoms with Crippen molar-refractivity contribution in [1.82, 2.24) is 5.32 Å². The molecule has 2 aromatic carbocycles. The van der Waals surface area contributed by atoms with Crippen LogP contribution in [0.15, 0.2) is 48.5 Å². The highest BCUT2D eigenvalue weighted by Crippen LogP contribution is 2.27. The maximum absolute atomic E-state index is 12.8. The van der Waals surface area contributed by atoms with Gasteiger partial charge < -0.3 is 10.6 Å². The van der Waals surface area contributed by atoms with Gasteiger partial charge in [0, 0.05) is 29.5 Å². The fraction of sp³-hybridized carbons (Fsp3) is 0.333. The van der Waals surface area contributed by atoms with Crippen LogP contribution < -0.4 is 15.5 Å². The Morgan fingerprint density at radius 3 is 2.50 bits per heavy atom. The molecule has 0 spiro atoms. The summed E-state index contributed by atoms with van der Waals surface area (Å²) in [6.07, 6.45) is 5.22. The number of amides is 3. The van der Waals surface area contributed by atoms with E-state index in [1.165, 1.54) is 5.56 Å². The van der Waals surface area contributed by atoms with Gasteiger partial charge in [-0.1, -0.05) is 18.2 Å². The van der Waals surface area contributed by atoms with Crippen molar-refractivity contribution >= 4 is 23.3 Å². The van der Waals surface area contributed by atoms with Crippen molar-refractivity contribution < 1.29 is 9.59 Å². The highest BCUT2D eigenvalue weighted by Gasteiger charge is 2.24. The summed E-state index contributed by atoms with van der Waals surface area (Å²) in [7, 11) is 0. The van der Waals surface area contributed by atoms with Crippen molar-refractivity contribution in [3.05, 3.63) is 59.7 Å². The van der Waals surface area contributed by atoms with Gasteiger partial charge in [0.1, 0.15) is 0 Å². The molecule has 1 aliphatic heterocycles. The van der Waals surface area contributed by atoms with Crippen LogP contribution in [0.2, 0.25) is 0 Å². The molecule has 5 nitrogen and oxygen atoms in total. The van der Waals surface area contributed by atoms with E-state index >= 15 is 0 Å². The number of urea groups is 1. The molecule has 134 valence electrons. The molecule has 2 aromatic rings. The molecule has 5 heteroatoms. The number of para-hydroxylation sites is 1. The molecule has 1 saturated carbocycles. The van der Waals surface area contributed by atoms with E-state index < -0.39 is 0 Å². The predicted octanol–water partition coefficient (Wildman–Crippen LogP) is 3.95. The largest absolute Gasteiger partial charge is 0.349 e. The first-order chi connectivity index (χ1) is 12.7. The summed E-state index contributed by atoms with van der Waals surface area (Å²) in [5.41, 5.74) is 3.52. The SMILES string of the molecule is O=C(NC1CC1)c1ccc(NC(=O)N2CCCCc3ccccc32)cc1. The third kappa shape index (κ3) is 3.72. The molecule has 0 unspecified atom stereocenters. The van der Waals surface area contributed by atoms with Crippen LogP contribution in [-0.4, -0.2) is 24.5 Å². The van der Waals surface area contributed by atoms with Crippen LogP contribution in [0.4, 0.5) is 16.2 Å². The van der Waals surface area contributed by atoms with Gasteiger partial charge in [0.2, 0.25) is 0 Å². The second kappa shape index (κ2) is 7.20. The smallest absolute Gasteiger partial charge is 0.326 e. The zero-order valence-electron chi connectivity index (χ0n) is 14.7. The van der Waals surface area contributed by atoms with E-state index in [9.17, 15) is 9.59 Å². The standard InChI is InChI=1S/C21H23N3O2/c25-20(22-17-12-13-17)16-8-10-18(11-9-16)23-21(26)24-14-4-3-6-15-5-1-2-7-19(15)24/h1-2,5,7-11,17H,3-4,6,12-14H2,(H,22,25)(H,23,26). The zero-order valence-corrected chi connectivity index (χ0v) is 14.7. The minimum absolute atomic E-state index is 0.0492. The van der Waals surface area contributed by atoms with Crippen LogP contribution in [0.1, 0.15) is 41.6 Å². The summed E-state index contributed by atoms with van der Waals surface area (Å²) in [4.78, 5) is 26.7. The quantitative estimate of drug-likeness (QED) is 0.881. The topological polar surface area (TPSA) is 61.4 Å². The molecule has 3 amide bonds. The number of nitrogens with one attached hydrogen (secondary N) is 2. The van der Waals surface area contributed by atoms with Gasteiger partial charge in [0.25, 0.3) is 5.91 Å². The minimum atomic E-state index is -0.130. The number of hydrogen-bond donors (Lipinski definition) is 2. The normalized spacial score (nSPS) is 16.4. The van der Waals surface area contributed by atoms with Crippen LogP contribution in [0.3, 0.4) is 0 Å². The van der Waals surface area contributed by atoms with E-state index in [1.54, 1.807) is 24.3 Å². The zero-order chi connectivity index (χ0) is 17.9. The molecule has 0 saturated heterocycles. The van der Waals surface area contributed by atoms with Crippen molar-refractivity contribution in [3.8, 4) is 0 Å². The highest BCUT2D eigenvalue weighted by molar-refractivity contribution is 6.02. The number of fused-ring (bicyclic) bond motifs is 1. The second-order valence-electron chi connectivity index (χ2n) is 6.99. The summed E-state index contributed by atoms with van der Waals surface area (Å²) >= 11 is 0. The number of aryl methyl sites for hydroxylation is 1. The second-order valence-corrected chi connectivity index (χ2v) is 6.99. The van der Waals surface area contributed by atoms with Crippen LogP contribution in [0, 0.1) is 0 Å². The lowest BCUT2D eigenvalue weighted by atomic mass is 10.1. The van der Waals surface area contributed by atoms with Gasteiger partial charge in [-0.15, -0.1) is 0 Å².